The zero-order chi connectivity index (χ0) is 23.3. The molecule has 2 fully saturated rings. The molecule has 5 atom stereocenters. The summed E-state index contributed by atoms with van der Waals surface area (Å²) in [7, 11) is 0. The average Bonchev–Trinajstić information content (AvgIpc) is 3.39. The largest absolute Gasteiger partial charge is 0.480 e. The summed E-state index contributed by atoms with van der Waals surface area (Å²) in [5.74, 6) is -1.84. The van der Waals surface area contributed by atoms with Crippen LogP contribution in [0.25, 0.3) is 0 Å². The van der Waals surface area contributed by atoms with E-state index >= 15 is 0 Å². The normalized spacial score (nSPS) is 24.2. The Kier molecular flexibility index (Phi) is 8.85. The monoisotopic (exact) mass is 438 g/mol. The van der Waals surface area contributed by atoms with E-state index in [1.807, 2.05) is 27.7 Å². The summed E-state index contributed by atoms with van der Waals surface area (Å²) in [6, 6.07) is -2.97. The van der Waals surface area contributed by atoms with E-state index in [1.165, 1.54) is 9.80 Å². The third kappa shape index (κ3) is 5.96. The van der Waals surface area contributed by atoms with Gasteiger partial charge in [-0.1, -0.05) is 34.1 Å². The van der Waals surface area contributed by atoms with Gasteiger partial charge in [-0.2, -0.15) is 0 Å². The summed E-state index contributed by atoms with van der Waals surface area (Å²) in [6.07, 6.45) is 3.44. The second kappa shape index (κ2) is 10.9. The molecule has 9 nitrogen and oxygen atoms in total. The predicted molar refractivity (Wildman–Crippen MR) is 116 cm³/mol. The van der Waals surface area contributed by atoms with E-state index in [1.54, 1.807) is 0 Å². The maximum Gasteiger partial charge on any atom is 0.326 e. The van der Waals surface area contributed by atoms with Gasteiger partial charge in [-0.15, -0.1) is 0 Å². The second-order valence-corrected chi connectivity index (χ2v) is 9.33. The molecule has 0 aromatic carbocycles. The first-order valence-electron chi connectivity index (χ1n) is 11.5. The minimum Gasteiger partial charge on any atom is -0.480 e. The van der Waals surface area contributed by atoms with Gasteiger partial charge in [-0.25, -0.2) is 4.79 Å². The SMILES string of the molecule is CCC(C)C(NC(=O)C(N)CC(C)C)C(=O)N1CCCC1C(=O)N1CCCC1C(=O)O. The van der Waals surface area contributed by atoms with Crippen LogP contribution in [-0.2, 0) is 19.2 Å². The third-order valence-corrected chi connectivity index (χ3v) is 6.48. The molecule has 176 valence electrons. The van der Waals surface area contributed by atoms with Crippen LogP contribution in [-0.4, -0.2) is 75.9 Å². The zero-order valence-electron chi connectivity index (χ0n) is 19.2. The van der Waals surface area contributed by atoms with Crippen LogP contribution in [0.4, 0.5) is 0 Å². The summed E-state index contributed by atoms with van der Waals surface area (Å²) in [6.45, 7) is 8.61. The second-order valence-electron chi connectivity index (χ2n) is 9.33. The first-order valence-corrected chi connectivity index (χ1v) is 11.5. The van der Waals surface area contributed by atoms with Crippen LogP contribution >= 0.6 is 0 Å². The van der Waals surface area contributed by atoms with Crippen molar-refractivity contribution in [3.63, 3.8) is 0 Å². The molecule has 0 aromatic heterocycles. The number of amides is 3. The Morgan fingerprint density at radius 2 is 1.61 bits per heavy atom. The van der Waals surface area contributed by atoms with Crippen LogP contribution in [0.3, 0.4) is 0 Å². The van der Waals surface area contributed by atoms with E-state index in [-0.39, 0.29) is 29.6 Å². The number of rotatable bonds is 9. The summed E-state index contributed by atoms with van der Waals surface area (Å²) >= 11 is 0. The quantitative estimate of drug-likeness (QED) is 0.491. The van der Waals surface area contributed by atoms with Gasteiger partial charge in [0.15, 0.2) is 0 Å². The summed E-state index contributed by atoms with van der Waals surface area (Å²) in [5, 5.41) is 12.3. The van der Waals surface area contributed by atoms with Gasteiger partial charge in [0.05, 0.1) is 6.04 Å². The molecule has 2 rings (SSSR count). The summed E-state index contributed by atoms with van der Waals surface area (Å²) in [5.41, 5.74) is 6.01. The lowest BCUT2D eigenvalue weighted by atomic mass is 9.96. The Balaban J connectivity index is 2.16. The molecule has 9 heteroatoms. The molecule has 0 bridgehead atoms. The highest BCUT2D eigenvalue weighted by molar-refractivity contribution is 5.94. The van der Waals surface area contributed by atoms with Gasteiger partial charge in [-0.3, -0.25) is 14.4 Å². The van der Waals surface area contributed by atoms with E-state index in [2.05, 4.69) is 5.32 Å². The van der Waals surface area contributed by atoms with Gasteiger partial charge in [0.1, 0.15) is 18.1 Å². The maximum absolute atomic E-state index is 13.5. The Bertz CT molecular complexity index is 683. The molecule has 3 amide bonds. The van der Waals surface area contributed by atoms with E-state index in [9.17, 15) is 24.3 Å². The van der Waals surface area contributed by atoms with E-state index in [0.29, 0.717) is 51.6 Å². The number of hydrogen-bond donors (Lipinski definition) is 3. The molecule has 5 unspecified atom stereocenters. The van der Waals surface area contributed by atoms with Crippen molar-refractivity contribution in [1.29, 1.82) is 0 Å². The molecule has 0 radical (unpaired) electrons. The van der Waals surface area contributed by atoms with Gasteiger partial charge in [0.25, 0.3) is 0 Å². The number of nitrogens with one attached hydrogen (secondary N) is 1. The fourth-order valence-corrected chi connectivity index (χ4v) is 4.50. The van der Waals surface area contributed by atoms with Crippen molar-refractivity contribution in [2.24, 2.45) is 17.6 Å². The molecule has 31 heavy (non-hydrogen) atoms. The van der Waals surface area contributed by atoms with Crippen LogP contribution in [0, 0.1) is 11.8 Å². The number of nitrogens with two attached hydrogens (primary N) is 1. The number of hydrogen-bond acceptors (Lipinski definition) is 5. The number of nitrogens with zero attached hydrogens (tertiary/aromatic N) is 2. The minimum atomic E-state index is -1.01. The predicted octanol–water partition coefficient (Wildman–Crippen LogP) is 0.957. The number of carboxylic acids is 1. The van der Waals surface area contributed by atoms with Gasteiger partial charge in [-0.05, 0) is 43.9 Å². The van der Waals surface area contributed by atoms with Crippen molar-refractivity contribution in [3.8, 4) is 0 Å². The number of carboxylic acid groups (broad SMARTS) is 1. The molecule has 2 saturated heterocycles. The first kappa shape index (κ1) is 25.1. The van der Waals surface area contributed by atoms with Crippen molar-refractivity contribution >= 4 is 23.7 Å². The maximum atomic E-state index is 13.5. The highest BCUT2D eigenvalue weighted by atomic mass is 16.4. The molecule has 4 N–H and O–H groups in total. The smallest absolute Gasteiger partial charge is 0.326 e. The lowest BCUT2D eigenvalue weighted by molar-refractivity contribution is -0.152. The summed E-state index contributed by atoms with van der Waals surface area (Å²) < 4.78 is 0. The van der Waals surface area contributed by atoms with Crippen LogP contribution < -0.4 is 11.1 Å². The number of aliphatic carboxylic acids is 1. The minimum absolute atomic E-state index is 0.127. The fraction of sp³-hybridized carbons (Fsp3) is 0.818. The van der Waals surface area contributed by atoms with Crippen molar-refractivity contribution in [1.82, 2.24) is 15.1 Å². The highest BCUT2D eigenvalue weighted by Gasteiger charge is 2.44. The fourth-order valence-electron chi connectivity index (χ4n) is 4.50. The van der Waals surface area contributed by atoms with Gasteiger partial charge in [0, 0.05) is 13.1 Å². The van der Waals surface area contributed by atoms with Gasteiger partial charge >= 0.3 is 5.97 Å². The van der Waals surface area contributed by atoms with Crippen LogP contribution in [0.15, 0.2) is 0 Å². The molecule has 2 aliphatic heterocycles. The van der Waals surface area contributed by atoms with Crippen molar-refractivity contribution in [2.75, 3.05) is 13.1 Å². The molecule has 0 spiro atoms. The van der Waals surface area contributed by atoms with E-state index in [0.717, 1.165) is 0 Å². The number of carbonyl (C=O) groups is 4. The number of likely N-dealkylation sites (tertiary alicyclic amines) is 2. The van der Waals surface area contributed by atoms with E-state index in [4.69, 9.17) is 5.73 Å². The van der Waals surface area contributed by atoms with Crippen LogP contribution in [0.1, 0.15) is 66.2 Å². The molecule has 0 aliphatic carbocycles. The molecule has 0 saturated carbocycles. The Labute approximate surface area is 184 Å². The standard InChI is InChI=1S/C22H38N4O5/c1-5-14(4)18(24-19(27)15(23)12-13(2)3)21(29)25-10-6-8-16(25)20(28)26-11-7-9-17(26)22(30)31/h13-18H,5-12,23H2,1-4H3,(H,24,27)(H,30,31). The lowest BCUT2D eigenvalue weighted by Crippen LogP contribution is -2.58. The van der Waals surface area contributed by atoms with Crippen LogP contribution in [0.2, 0.25) is 0 Å². The average molecular weight is 439 g/mol. The number of carbonyl (C=O) groups excluding carboxylic acids is 3. The Hall–Kier alpha value is -2.16. The topological polar surface area (TPSA) is 133 Å². The third-order valence-electron chi connectivity index (χ3n) is 6.48. The highest BCUT2D eigenvalue weighted by Crippen LogP contribution is 2.26. The summed E-state index contributed by atoms with van der Waals surface area (Å²) in [4.78, 5) is 53.7. The van der Waals surface area contributed by atoms with Crippen molar-refractivity contribution < 1.29 is 24.3 Å². The molecule has 2 aliphatic rings. The Morgan fingerprint density at radius 1 is 1.03 bits per heavy atom. The van der Waals surface area contributed by atoms with Crippen LogP contribution in [0.5, 0.6) is 0 Å². The molecular formula is C22H38N4O5. The molecule has 0 aromatic rings. The van der Waals surface area contributed by atoms with Gasteiger partial charge < -0.3 is 26.0 Å². The van der Waals surface area contributed by atoms with E-state index < -0.39 is 30.1 Å². The Morgan fingerprint density at radius 3 is 2.16 bits per heavy atom. The lowest BCUT2D eigenvalue weighted by Gasteiger charge is -2.34. The van der Waals surface area contributed by atoms with Gasteiger partial charge in [0.2, 0.25) is 17.7 Å². The first-order chi connectivity index (χ1) is 14.6. The van der Waals surface area contributed by atoms with Crippen molar-refractivity contribution in [3.05, 3.63) is 0 Å². The molecular weight excluding hydrogens is 400 g/mol. The zero-order valence-corrected chi connectivity index (χ0v) is 19.2. The molecule has 2 heterocycles. The van der Waals surface area contributed by atoms with Crippen molar-refractivity contribution in [2.45, 2.75) is 90.4 Å².